The van der Waals surface area contributed by atoms with E-state index in [1.54, 1.807) is 0 Å². The molecule has 2 heteroatoms. The van der Waals surface area contributed by atoms with Gasteiger partial charge >= 0.3 is 0 Å². The van der Waals surface area contributed by atoms with Gasteiger partial charge in [-0.15, -0.1) is 0 Å². The quantitative estimate of drug-likeness (QED) is 0.252. The van der Waals surface area contributed by atoms with Crippen LogP contribution in [0.3, 0.4) is 0 Å². The van der Waals surface area contributed by atoms with Gasteiger partial charge in [0.15, 0.2) is 0 Å². The highest BCUT2D eigenvalue weighted by molar-refractivity contribution is 6.17. The van der Waals surface area contributed by atoms with Crippen molar-refractivity contribution in [3.63, 3.8) is 0 Å². The van der Waals surface area contributed by atoms with E-state index in [-0.39, 0.29) is 5.56 Å². The summed E-state index contributed by atoms with van der Waals surface area (Å²) in [5, 5.41) is 6.77. The number of aromatic nitrogens is 1. The summed E-state index contributed by atoms with van der Waals surface area (Å²) in [5.74, 6) is 0. The molecule has 0 saturated carbocycles. The van der Waals surface area contributed by atoms with Crippen molar-refractivity contribution in [1.29, 1.82) is 0 Å². The Bertz CT molecular complexity index is 1970. The first-order valence-electron chi connectivity index (χ1n) is 12.8. The summed E-state index contributed by atoms with van der Waals surface area (Å²) < 4.78 is 30.6. The molecule has 0 radical (unpaired) electrons. The monoisotopic (exact) mass is 438 g/mol. The highest BCUT2D eigenvalue weighted by Crippen LogP contribution is 2.39. The van der Waals surface area contributed by atoms with Crippen molar-refractivity contribution in [2.45, 2.75) is 6.85 Å². The van der Waals surface area contributed by atoms with Gasteiger partial charge in [-0.05, 0) is 69.4 Å². The van der Waals surface area contributed by atoms with Gasteiger partial charge in [-0.2, -0.15) is 0 Å². The van der Waals surface area contributed by atoms with Crippen LogP contribution in [-0.2, 0) is 0 Å². The Balaban J connectivity index is 1.48. The summed E-state index contributed by atoms with van der Waals surface area (Å²) in [6.07, 6.45) is 1.48. The van der Waals surface area contributed by atoms with E-state index in [0.717, 1.165) is 38.5 Å². The van der Waals surface area contributed by atoms with E-state index in [1.165, 1.54) is 22.4 Å². The molecule has 34 heavy (non-hydrogen) atoms. The number of hydrogen-bond donors (Lipinski definition) is 0. The fourth-order valence-corrected chi connectivity index (χ4v) is 4.96. The second kappa shape index (κ2) is 7.29. The minimum absolute atomic E-state index is 0.234. The molecule has 0 aliphatic carbocycles. The lowest BCUT2D eigenvalue weighted by atomic mass is 9.98. The van der Waals surface area contributed by atoms with Crippen LogP contribution in [0.15, 0.2) is 114 Å². The van der Waals surface area contributed by atoms with E-state index in [4.69, 9.17) is 8.53 Å². The van der Waals surface area contributed by atoms with Crippen LogP contribution in [0, 0.1) is 6.85 Å². The fourth-order valence-electron chi connectivity index (χ4n) is 4.96. The number of furan rings is 1. The van der Waals surface area contributed by atoms with E-state index >= 15 is 0 Å². The number of pyridine rings is 1. The molecular formula is C32H21NO. The fraction of sp³-hybridized carbons (Fsp3) is 0.0312. The third-order valence-electron chi connectivity index (χ3n) is 6.63. The molecule has 0 aliphatic rings. The minimum Gasteiger partial charge on any atom is -0.455 e. The van der Waals surface area contributed by atoms with Crippen molar-refractivity contribution < 1.29 is 8.53 Å². The maximum atomic E-state index is 8.05. The van der Waals surface area contributed by atoms with Crippen molar-refractivity contribution in [2.24, 2.45) is 0 Å². The number of aryl methyl sites for hydroxylation is 1. The van der Waals surface area contributed by atoms with Gasteiger partial charge in [-0.3, -0.25) is 4.98 Å². The molecular weight excluding hydrogens is 414 g/mol. The molecule has 0 fully saturated rings. The maximum Gasteiger partial charge on any atom is 0.144 e. The normalized spacial score (nSPS) is 13.4. The smallest absolute Gasteiger partial charge is 0.144 e. The summed E-state index contributed by atoms with van der Waals surface area (Å²) in [4.78, 5) is 4.60. The Morgan fingerprint density at radius 3 is 2.38 bits per heavy atom. The largest absolute Gasteiger partial charge is 0.455 e. The highest BCUT2D eigenvalue weighted by Gasteiger charge is 2.15. The van der Waals surface area contributed by atoms with E-state index in [2.05, 4.69) is 59.6 Å². The van der Waals surface area contributed by atoms with Crippen molar-refractivity contribution in [3.8, 4) is 22.4 Å². The Labute approximate surface area is 201 Å². The van der Waals surface area contributed by atoms with E-state index < -0.39 is 6.85 Å². The van der Waals surface area contributed by atoms with Crippen LogP contribution in [0.5, 0.6) is 0 Å². The van der Waals surface area contributed by atoms with Crippen LogP contribution in [0.25, 0.3) is 65.9 Å². The third-order valence-corrected chi connectivity index (χ3v) is 6.63. The number of rotatable bonds is 2. The first-order valence-corrected chi connectivity index (χ1v) is 11.3. The summed E-state index contributed by atoms with van der Waals surface area (Å²) in [6.45, 7) is -2.27. The number of benzene rings is 5. The third kappa shape index (κ3) is 2.85. The molecule has 0 N–H and O–H groups in total. The average molecular weight is 439 g/mol. The SMILES string of the molecule is [2H]C([2H])([2H])c1cnc(-c2cccc3c2oc2cc4ccc5ccccc5c4cc23)cc1-c1ccccc1. The molecule has 160 valence electrons. The van der Waals surface area contributed by atoms with Crippen LogP contribution in [0.4, 0.5) is 0 Å². The van der Waals surface area contributed by atoms with Gasteiger partial charge in [0.05, 0.1) is 5.69 Å². The van der Waals surface area contributed by atoms with Crippen molar-refractivity contribution in [3.05, 3.63) is 115 Å². The Kier molecular flexibility index (Phi) is 3.48. The Morgan fingerprint density at radius 2 is 1.47 bits per heavy atom. The number of hydrogen-bond acceptors (Lipinski definition) is 2. The molecule has 0 unspecified atom stereocenters. The van der Waals surface area contributed by atoms with Crippen molar-refractivity contribution in [1.82, 2.24) is 4.98 Å². The van der Waals surface area contributed by atoms with Gasteiger partial charge in [-0.25, -0.2) is 0 Å². The van der Waals surface area contributed by atoms with E-state index in [1.807, 2.05) is 48.5 Å². The van der Waals surface area contributed by atoms with Gasteiger partial charge in [0.1, 0.15) is 11.2 Å². The highest BCUT2D eigenvalue weighted by atomic mass is 16.3. The molecule has 0 aliphatic heterocycles. The number of nitrogens with zero attached hydrogens (tertiary/aromatic N) is 1. The molecule has 0 bridgehead atoms. The second-order valence-electron chi connectivity index (χ2n) is 8.62. The lowest BCUT2D eigenvalue weighted by Crippen LogP contribution is -1.90. The van der Waals surface area contributed by atoms with Gasteiger partial charge in [0.2, 0.25) is 0 Å². The average Bonchev–Trinajstić information content (AvgIpc) is 3.29. The van der Waals surface area contributed by atoms with Crippen LogP contribution in [0.1, 0.15) is 9.68 Å². The minimum atomic E-state index is -2.27. The van der Waals surface area contributed by atoms with Gasteiger partial charge in [0, 0.05) is 26.6 Å². The second-order valence-corrected chi connectivity index (χ2v) is 8.62. The van der Waals surface area contributed by atoms with Crippen LogP contribution in [-0.4, -0.2) is 4.98 Å². The molecule has 0 amide bonds. The summed E-state index contributed by atoms with van der Waals surface area (Å²) in [6, 6.07) is 34.5. The zero-order chi connectivity index (χ0) is 25.1. The standard InChI is InChI=1S/C32H21NO/c1-20-19-33-30(18-27(20)21-8-3-2-4-9-21)26-13-7-12-25-29-17-28-23(16-31(29)34-32(25)26)15-14-22-10-5-6-11-24(22)28/h2-19H,1H3/i1D3. The predicted octanol–water partition coefficient (Wildman–Crippen LogP) is 8.93. The Hall–Kier alpha value is -4.43. The van der Waals surface area contributed by atoms with Crippen LogP contribution in [0.2, 0.25) is 0 Å². The summed E-state index contributed by atoms with van der Waals surface area (Å²) in [5.41, 5.74) is 4.78. The molecule has 0 atom stereocenters. The predicted molar refractivity (Wildman–Crippen MR) is 142 cm³/mol. The van der Waals surface area contributed by atoms with Gasteiger partial charge < -0.3 is 4.42 Å². The van der Waals surface area contributed by atoms with Crippen molar-refractivity contribution in [2.75, 3.05) is 0 Å². The molecule has 5 aromatic carbocycles. The summed E-state index contributed by atoms with van der Waals surface area (Å²) in [7, 11) is 0. The van der Waals surface area contributed by atoms with Crippen LogP contribution >= 0.6 is 0 Å². The zero-order valence-corrected chi connectivity index (χ0v) is 18.2. The number of para-hydroxylation sites is 1. The van der Waals surface area contributed by atoms with E-state index in [0.29, 0.717) is 11.3 Å². The zero-order valence-electron chi connectivity index (χ0n) is 21.2. The molecule has 2 aromatic heterocycles. The lowest BCUT2D eigenvalue weighted by molar-refractivity contribution is 0.670. The molecule has 2 heterocycles. The van der Waals surface area contributed by atoms with E-state index in [9.17, 15) is 0 Å². The Morgan fingerprint density at radius 1 is 0.647 bits per heavy atom. The van der Waals surface area contributed by atoms with Crippen molar-refractivity contribution >= 4 is 43.5 Å². The summed E-state index contributed by atoms with van der Waals surface area (Å²) >= 11 is 0. The molecule has 7 aromatic rings. The maximum absolute atomic E-state index is 8.05. The first-order chi connectivity index (χ1) is 18.0. The van der Waals surface area contributed by atoms with Gasteiger partial charge in [0.25, 0.3) is 0 Å². The molecule has 0 spiro atoms. The number of fused-ring (bicyclic) bond motifs is 6. The molecule has 7 rings (SSSR count). The lowest BCUT2D eigenvalue weighted by Gasteiger charge is -2.09. The van der Waals surface area contributed by atoms with Crippen LogP contribution < -0.4 is 0 Å². The molecule has 0 saturated heterocycles. The topological polar surface area (TPSA) is 26.0 Å². The first kappa shape index (κ1) is 16.2. The van der Waals surface area contributed by atoms with Gasteiger partial charge in [-0.1, -0.05) is 78.9 Å². The molecule has 2 nitrogen and oxygen atoms in total.